The van der Waals surface area contributed by atoms with E-state index in [1.54, 1.807) is 41.8 Å². The fraction of sp³-hybridized carbons (Fsp3) is 0.290. The maximum absolute atomic E-state index is 14.6. The smallest absolute Gasteiger partial charge is 0.291 e. The van der Waals surface area contributed by atoms with Crippen molar-refractivity contribution in [3.8, 4) is 5.69 Å². The molecule has 1 fully saturated rings. The van der Waals surface area contributed by atoms with E-state index in [2.05, 4.69) is 10.4 Å². The standard InChI is InChI=1S/C31H30ClF4N5O3S2/c1-31(2,20-6-12-24(28(35)36)26(34)15-20)27-17-37-30(41(27)22-9-7-21(33)8-10-22)45-18-19-5-11-23(16-25(19)32)46(43,44)39-29(42)38-40-13-3-4-14-40/h5-12,15-17,28H,3-4,13-14,18H2,1-2H3,(H2,38,39,42). The number of rotatable bonds is 10. The highest BCUT2D eigenvalue weighted by Gasteiger charge is 2.31. The first-order valence-corrected chi connectivity index (χ1v) is 17.0. The van der Waals surface area contributed by atoms with E-state index in [1.807, 2.05) is 4.72 Å². The Bertz CT molecular complexity index is 1850. The number of imidazole rings is 1. The third kappa shape index (κ3) is 7.35. The van der Waals surface area contributed by atoms with E-state index < -0.39 is 45.1 Å². The van der Waals surface area contributed by atoms with Crippen LogP contribution < -0.4 is 10.1 Å². The number of alkyl halides is 2. The number of amides is 2. The number of carbonyl (C=O) groups is 1. The first kappa shape index (κ1) is 33.8. The van der Waals surface area contributed by atoms with Gasteiger partial charge in [0.25, 0.3) is 16.4 Å². The predicted molar refractivity (Wildman–Crippen MR) is 168 cm³/mol. The van der Waals surface area contributed by atoms with Crippen molar-refractivity contribution < 1.29 is 30.8 Å². The van der Waals surface area contributed by atoms with Crippen molar-refractivity contribution in [2.24, 2.45) is 0 Å². The Morgan fingerprint density at radius 2 is 1.74 bits per heavy atom. The van der Waals surface area contributed by atoms with Gasteiger partial charge in [0.05, 0.1) is 22.3 Å². The average Bonchev–Trinajstić information content (AvgIpc) is 3.67. The maximum atomic E-state index is 14.6. The zero-order chi connectivity index (χ0) is 33.2. The van der Waals surface area contributed by atoms with Crippen LogP contribution in [-0.2, 0) is 21.2 Å². The average molecular weight is 696 g/mol. The van der Waals surface area contributed by atoms with Crippen LogP contribution in [0.5, 0.6) is 0 Å². The second-order valence-electron chi connectivity index (χ2n) is 11.2. The van der Waals surface area contributed by atoms with E-state index in [-0.39, 0.29) is 15.7 Å². The minimum Gasteiger partial charge on any atom is -0.291 e. The molecule has 0 saturated carbocycles. The Balaban J connectivity index is 1.40. The number of nitrogens with zero attached hydrogens (tertiary/aromatic N) is 3. The molecule has 244 valence electrons. The van der Waals surface area contributed by atoms with Gasteiger partial charge in [0.15, 0.2) is 5.16 Å². The largest absolute Gasteiger partial charge is 0.343 e. The molecule has 2 heterocycles. The first-order chi connectivity index (χ1) is 21.8. The third-order valence-corrected chi connectivity index (χ3v) is 10.4. The van der Waals surface area contributed by atoms with Crippen molar-refractivity contribution in [2.75, 3.05) is 13.1 Å². The molecule has 0 spiro atoms. The summed E-state index contributed by atoms with van der Waals surface area (Å²) in [5.41, 5.74) is 3.03. The second kappa shape index (κ2) is 13.6. The van der Waals surface area contributed by atoms with Crippen LogP contribution in [0.2, 0.25) is 5.02 Å². The first-order valence-electron chi connectivity index (χ1n) is 14.2. The van der Waals surface area contributed by atoms with Crippen molar-refractivity contribution in [1.82, 2.24) is 24.7 Å². The zero-order valence-electron chi connectivity index (χ0n) is 24.7. The van der Waals surface area contributed by atoms with Gasteiger partial charge < -0.3 is 0 Å². The molecule has 8 nitrogen and oxygen atoms in total. The number of benzene rings is 3. The molecule has 4 aromatic rings. The summed E-state index contributed by atoms with van der Waals surface area (Å²) in [6, 6.07) is 12.5. The lowest BCUT2D eigenvalue weighted by Gasteiger charge is -2.28. The third-order valence-electron chi connectivity index (χ3n) is 7.70. The van der Waals surface area contributed by atoms with Gasteiger partial charge in [0.2, 0.25) is 0 Å². The number of thioether (sulfide) groups is 1. The van der Waals surface area contributed by atoms with Crippen molar-refractivity contribution in [2.45, 2.75) is 54.3 Å². The summed E-state index contributed by atoms with van der Waals surface area (Å²) >= 11 is 7.75. The molecule has 0 aliphatic carbocycles. The molecule has 0 atom stereocenters. The summed E-state index contributed by atoms with van der Waals surface area (Å²) in [4.78, 5) is 16.6. The van der Waals surface area contributed by atoms with E-state index in [9.17, 15) is 30.8 Å². The fourth-order valence-electron chi connectivity index (χ4n) is 5.09. The summed E-state index contributed by atoms with van der Waals surface area (Å²) in [5.74, 6) is -1.23. The van der Waals surface area contributed by atoms with Crippen LogP contribution in [0.25, 0.3) is 5.69 Å². The molecule has 1 saturated heterocycles. The Morgan fingerprint density at radius 1 is 1.04 bits per heavy atom. The number of nitrogens with one attached hydrogen (secondary N) is 2. The monoisotopic (exact) mass is 695 g/mol. The number of carbonyl (C=O) groups excluding carboxylic acids is 1. The van der Waals surface area contributed by atoms with E-state index in [4.69, 9.17) is 11.6 Å². The number of hydrogen-bond donors (Lipinski definition) is 2. The molecule has 5 rings (SSSR count). The Labute approximate surface area is 273 Å². The van der Waals surface area contributed by atoms with Crippen LogP contribution in [0.3, 0.4) is 0 Å². The fourth-order valence-corrected chi connectivity index (χ4v) is 7.40. The molecule has 46 heavy (non-hydrogen) atoms. The van der Waals surface area contributed by atoms with Crippen molar-refractivity contribution in [3.63, 3.8) is 0 Å². The van der Waals surface area contributed by atoms with Gasteiger partial charge >= 0.3 is 6.03 Å². The van der Waals surface area contributed by atoms with E-state index in [0.29, 0.717) is 40.8 Å². The Morgan fingerprint density at radius 3 is 2.37 bits per heavy atom. The van der Waals surface area contributed by atoms with Gasteiger partial charge in [0, 0.05) is 35.0 Å². The van der Waals surface area contributed by atoms with Crippen LogP contribution in [0.1, 0.15) is 55.5 Å². The maximum Gasteiger partial charge on any atom is 0.343 e. The van der Waals surface area contributed by atoms with Gasteiger partial charge in [0.1, 0.15) is 11.6 Å². The molecule has 15 heteroatoms. The Kier molecular flexibility index (Phi) is 10.0. The molecule has 2 N–H and O–H groups in total. The van der Waals surface area contributed by atoms with E-state index >= 15 is 0 Å². The van der Waals surface area contributed by atoms with Crippen molar-refractivity contribution in [1.29, 1.82) is 0 Å². The summed E-state index contributed by atoms with van der Waals surface area (Å²) in [5, 5.41) is 2.25. The molecule has 0 bridgehead atoms. The molecule has 0 radical (unpaired) electrons. The summed E-state index contributed by atoms with van der Waals surface area (Å²) in [6.07, 6.45) is 0.438. The molecule has 1 aliphatic rings. The number of halogens is 5. The van der Waals surface area contributed by atoms with Crippen LogP contribution in [-0.4, -0.2) is 42.1 Å². The lowest BCUT2D eigenvalue weighted by Crippen LogP contribution is -2.47. The molecule has 2 amide bonds. The van der Waals surface area contributed by atoms with Crippen LogP contribution in [0.4, 0.5) is 22.4 Å². The number of sulfonamides is 1. The predicted octanol–water partition coefficient (Wildman–Crippen LogP) is 7.36. The minimum atomic E-state index is -4.20. The van der Waals surface area contributed by atoms with Gasteiger partial charge in [-0.1, -0.05) is 55.4 Å². The molecule has 1 aromatic heterocycles. The Hall–Kier alpha value is -3.59. The molecule has 0 unspecified atom stereocenters. The number of urea groups is 1. The molecular formula is C31H30ClF4N5O3S2. The number of hydrogen-bond acceptors (Lipinski definition) is 6. The summed E-state index contributed by atoms with van der Waals surface area (Å²) < 4.78 is 84.2. The van der Waals surface area contributed by atoms with Gasteiger partial charge in [-0.25, -0.2) is 45.5 Å². The van der Waals surface area contributed by atoms with Gasteiger partial charge in [-0.05, 0) is 66.4 Å². The SMILES string of the molecule is CC(C)(c1ccc(C(F)F)c(F)c1)c1cnc(SCc2ccc(S(=O)(=O)NC(=O)NN3CCCC3)cc2Cl)n1-c1ccc(F)cc1. The number of aromatic nitrogens is 2. The number of hydrazine groups is 1. The highest BCUT2D eigenvalue weighted by Crippen LogP contribution is 2.38. The normalized spacial score (nSPS) is 14.2. The van der Waals surface area contributed by atoms with E-state index in [1.165, 1.54) is 48.2 Å². The van der Waals surface area contributed by atoms with Crippen molar-refractivity contribution >= 4 is 39.4 Å². The highest BCUT2D eigenvalue weighted by molar-refractivity contribution is 7.98. The lowest BCUT2D eigenvalue weighted by atomic mass is 9.81. The molecule has 1 aliphatic heterocycles. The lowest BCUT2D eigenvalue weighted by molar-refractivity contribution is 0.146. The van der Waals surface area contributed by atoms with Gasteiger partial charge in [-0.15, -0.1) is 0 Å². The second-order valence-corrected chi connectivity index (χ2v) is 14.2. The van der Waals surface area contributed by atoms with Gasteiger partial charge in [-0.3, -0.25) is 9.99 Å². The quantitative estimate of drug-likeness (QED) is 0.133. The van der Waals surface area contributed by atoms with Gasteiger partial charge in [-0.2, -0.15) is 0 Å². The van der Waals surface area contributed by atoms with E-state index in [0.717, 1.165) is 25.0 Å². The molecule has 3 aromatic carbocycles. The van der Waals surface area contributed by atoms with Crippen LogP contribution in [0.15, 0.2) is 76.9 Å². The molecular weight excluding hydrogens is 666 g/mol. The zero-order valence-corrected chi connectivity index (χ0v) is 27.1. The summed E-state index contributed by atoms with van der Waals surface area (Å²) in [6.45, 7) is 4.86. The minimum absolute atomic E-state index is 0.144. The highest BCUT2D eigenvalue weighted by atomic mass is 35.5. The topological polar surface area (TPSA) is 96.3 Å². The van der Waals surface area contributed by atoms with Crippen LogP contribution in [0, 0.1) is 11.6 Å². The summed E-state index contributed by atoms with van der Waals surface area (Å²) in [7, 11) is -4.20. The van der Waals surface area contributed by atoms with Crippen molar-refractivity contribution in [3.05, 3.63) is 106 Å². The van der Waals surface area contributed by atoms with Crippen LogP contribution >= 0.6 is 23.4 Å².